The lowest BCUT2D eigenvalue weighted by Gasteiger charge is -2.13. The minimum Gasteiger partial charge on any atom is -0.478 e. The van der Waals surface area contributed by atoms with Gasteiger partial charge in [0.15, 0.2) is 17.1 Å². The minimum absolute atomic E-state index is 0.0645. The molecule has 0 fully saturated rings. The van der Waals surface area contributed by atoms with Crippen LogP contribution in [0.3, 0.4) is 0 Å². The van der Waals surface area contributed by atoms with Gasteiger partial charge in [-0.1, -0.05) is 12.1 Å². The van der Waals surface area contributed by atoms with Crippen molar-refractivity contribution in [1.29, 1.82) is 0 Å². The largest absolute Gasteiger partial charge is 0.478 e. The van der Waals surface area contributed by atoms with E-state index in [1.54, 1.807) is 37.4 Å². The van der Waals surface area contributed by atoms with Crippen LogP contribution in [0.25, 0.3) is 22.1 Å². The quantitative estimate of drug-likeness (QED) is 0.274. The molecular weight excluding hydrogens is 478 g/mol. The number of hydrogen-bond donors (Lipinski definition) is 4. The zero-order valence-electron chi connectivity index (χ0n) is 19.6. The molecule has 186 valence electrons. The van der Waals surface area contributed by atoms with Crippen molar-refractivity contribution < 1.29 is 19.1 Å². The molecule has 3 heterocycles. The van der Waals surface area contributed by atoms with Crippen molar-refractivity contribution in [2.45, 2.75) is 25.4 Å². The molecule has 0 spiro atoms. The molecule has 0 aliphatic heterocycles. The highest BCUT2D eigenvalue weighted by atomic mass is 16.4. The van der Waals surface area contributed by atoms with Gasteiger partial charge in [-0.25, -0.2) is 19.6 Å². The number of benzene rings is 2. The van der Waals surface area contributed by atoms with Crippen molar-refractivity contribution in [3.63, 3.8) is 0 Å². The molecule has 3 aromatic heterocycles. The van der Waals surface area contributed by atoms with Gasteiger partial charge in [-0.2, -0.15) is 5.10 Å². The van der Waals surface area contributed by atoms with Crippen molar-refractivity contribution in [3.05, 3.63) is 81.2 Å². The molecule has 1 unspecified atom stereocenters. The van der Waals surface area contributed by atoms with Gasteiger partial charge in [0.2, 0.25) is 0 Å². The molecule has 1 aliphatic rings. The molecule has 12 heteroatoms. The predicted octanol–water partition coefficient (Wildman–Crippen LogP) is 2.53. The molecule has 6 rings (SSSR count). The minimum atomic E-state index is -0.951. The summed E-state index contributed by atoms with van der Waals surface area (Å²) in [6, 6.07) is 10.3. The number of carbonyl (C=O) groups excluding carboxylic acids is 1. The van der Waals surface area contributed by atoms with E-state index in [-0.39, 0.29) is 23.8 Å². The lowest BCUT2D eigenvalue weighted by molar-refractivity contribution is 0.0696. The number of carbonyl (C=O) groups is 2. The number of anilines is 1. The molecule has 0 bridgehead atoms. The van der Waals surface area contributed by atoms with Gasteiger partial charge < -0.3 is 20.2 Å². The van der Waals surface area contributed by atoms with Crippen LogP contribution in [0.2, 0.25) is 0 Å². The average Bonchev–Trinajstić information content (AvgIpc) is 3.58. The van der Waals surface area contributed by atoms with E-state index < -0.39 is 17.6 Å². The van der Waals surface area contributed by atoms with Crippen LogP contribution in [0.4, 0.5) is 5.82 Å². The van der Waals surface area contributed by atoms with E-state index >= 15 is 0 Å². The van der Waals surface area contributed by atoms with E-state index in [2.05, 4.69) is 30.8 Å². The van der Waals surface area contributed by atoms with Crippen molar-refractivity contribution in [3.8, 4) is 0 Å². The lowest BCUT2D eigenvalue weighted by Crippen LogP contribution is -2.24. The summed E-state index contributed by atoms with van der Waals surface area (Å²) in [6.45, 7) is 0.218. The fraction of sp³-hybridized carbons (Fsp3) is 0.200. The first-order chi connectivity index (χ1) is 17.9. The van der Waals surface area contributed by atoms with Gasteiger partial charge in [0.25, 0.3) is 5.91 Å². The Labute approximate surface area is 208 Å². The van der Waals surface area contributed by atoms with Gasteiger partial charge in [-0.15, -0.1) is 0 Å². The van der Waals surface area contributed by atoms with Gasteiger partial charge in [0, 0.05) is 13.6 Å². The molecule has 5 aromatic rings. The SMILES string of the molecule is Cn1c(=O)oc2ccc(CNC(=O)c3ncnc4c(NC5CCc6cc(C(=O)O)ccc65)n[nH]c34)cc21. The highest BCUT2D eigenvalue weighted by Crippen LogP contribution is 2.35. The number of rotatable bonds is 6. The zero-order chi connectivity index (χ0) is 25.7. The van der Waals surface area contributed by atoms with Crippen LogP contribution in [-0.2, 0) is 20.0 Å². The number of carboxylic acids is 1. The number of aromatic amines is 1. The second-order valence-electron chi connectivity index (χ2n) is 8.88. The Morgan fingerprint density at radius 3 is 2.92 bits per heavy atom. The van der Waals surface area contributed by atoms with Gasteiger partial charge in [-0.05, 0) is 53.8 Å². The predicted molar refractivity (Wildman–Crippen MR) is 132 cm³/mol. The van der Waals surface area contributed by atoms with Crippen molar-refractivity contribution in [1.82, 2.24) is 30.0 Å². The van der Waals surface area contributed by atoms with Crippen LogP contribution >= 0.6 is 0 Å². The first kappa shape index (κ1) is 22.5. The Kier molecular flexibility index (Phi) is 5.21. The van der Waals surface area contributed by atoms with Crippen LogP contribution in [0.1, 0.15) is 50.0 Å². The normalized spacial score (nSPS) is 14.7. The van der Waals surface area contributed by atoms with E-state index in [4.69, 9.17) is 4.42 Å². The van der Waals surface area contributed by atoms with E-state index in [9.17, 15) is 19.5 Å². The Bertz CT molecular complexity index is 1770. The molecule has 1 amide bonds. The summed E-state index contributed by atoms with van der Waals surface area (Å²) in [7, 11) is 1.62. The van der Waals surface area contributed by atoms with Crippen LogP contribution in [0.5, 0.6) is 0 Å². The van der Waals surface area contributed by atoms with E-state index in [1.807, 2.05) is 6.07 Å². The number of carboxylic acid groups (broad SMARTS) is 1. The summed E-state index contributed by atoms with van der Waals surface area (Å²) in [5.41, 5.74) is 5.20. The maximum atomic E-state index is 13.0. The number of nitrogens with one attached hydrogen (secondary N) is 3. The highest BCUT2D eigenvalue weighted by molar-refractivity contribution is 6.04. The second kappa shape index (κ2) is 8.59. The number of aryl methyl sites for hydroxylation is 2. The van der Waals surface area contributed by atoms with Crippen LogP contribution in [-0.4, -0.2) is 41.7 Å². The summed E-state index contributed by atoms with van der Waals surface area (Å²) in [4.78, 5) is 44.4. The number of aromatic nitrogens is 5. The molecule has 37 heavy (non-hydrogen) atoms. The van der Waals surface area contributed by atoms with Gasteiger partial charge in [0.1, 0.15) is 17.4 Å². The Balaban J connectivity index is 1.21. The third kappa shape index (κ3) is 3.88. The van der Waals surface area contributed by atoms with Gasteiger partial charge in [0.05, 0.1) is 17.1 Å². The maximum absolute atomic E-state index is 13.0. The third-order valence-electron chi connectivity index (χ3n) is 6.65. The van der Waals surface area contributed by atoms with Crippen LogP contribution in [0.15, 0.2) is 51.9 Å². The molecule has 1 aliphatic carbocycles. The Hall–Kier alpha value is -5.00. The fourth-order valence-corrected chi connectivity index (χ4v) is 4.72. The van der Waals surface area contributed by atoms with Crippen LogP contribution in [0, 0.1) is 0 Å². The molecule has 1 atom stereocenters. The average molecular weight is 499 g/mol. The van der Waals surface area contributed by atoms with Crippen molar-refractivity contribution in [2.24, 2.45) is 7.05 Å². The molecular formula is C25H21N7O5. The van der Waals surface area contributed by atoms with E-state index in [0.29, 0.717) is 28.0 Å². The Morgan fingerprint density at radius 1 is 1.22 bits per heavy atom. The Morgan fingerprint density at radius 2 is 2.08 bits per heavy atom. The summed E-state index contributed by atoms with van der Waals surface area (Å²) in [5, 5.41) is 22.7. The topological polar surface area (TPSA) is 168 Å². The van der Waals surface area contributed by atoms with Gasteiger partial charge >= 0.3 is 11.7 Å². The van der Waals surface area contributed by atoms with Gasteiger partial charge in [-0.3, -0.25) is 14.5 Å². The number of oxazole rings is 1. The number of H-pyrrole nitrogens is 1. The number of nitrogens with zero attached hydrogens (tertiary/aromatic N) is 4. The monoisotopic (exact) mass is 499 g/mol. The lowest BCUT2D eigenvalue weighted by atomic mass is 10.0. The maximum Gasteiger partial charge on any atom is 0.419 e. The third-order valence-corrected chi connectivity index (χ3v) is 6.65. The zero-order valence-corrected chi connectivity index (χ0v) is 19.6. The van der Waals surface area contributed by atoms with E-state index in [0.717, 1.165) is 29.5 Å². The number of fused-ring (bicyclic) bond motifs is 3. The number of aromatic carboxylic acids is 1. The summed E-state index contributed by atoms with van der Waals surface area (Å²) in [6.07, 6.45) is 2.84. The molecule has 0 saturated heterocycles. The highest BCUT2D eigenvalue weighted by Gasteiger charge is 2.26. The first-order valence-electron chi connectivity index (χ1n) is 11.6. The second-order valence-corrected chi connectivity index (χ2v) is 8.88. The number of amides is 1. The molecule has 4 N–H and O–H groups in total. The molecule has 2 aromatic carbocycles. The summed E-state index contributed by atoms with van der Waals surface area (Å²) >= 11 is 0. The van der Waals surface area contributed by atoms with Crippen molar-refractivity contribution >= 4 is 39.8 Å². The summed E-state index contributed by atoms with van der Waals surface area (Å²) in [5.74, 6) is -1.32. The van der Waals surface area contributed by atoms with Crippen LogP contribution < -0.4 is 16.4 Å². The van der Waals surface area contributed by atoms with Crippen molar-refractivity contribution in [2.75, 3.05) is 5.32 Å². The fourth-order valence-electron chi connectivity index (χ4n) is 4.72. The van der Waals surface area contributed by atoms with E-state index in [1.165, 1.54) is 10.9 Å². The molecule has 0 radical (unpaired) electrons. The standard InChI is InChI=1S/C25H21N7O5/c1-32-17-8-12(2-7-18(17)37-25(32)36)10-26-23(33)21-19-20(27-11-28-21)22(31-30-19)29-16-6-4-13-9-14(24(34)35)3-5-15(13)16/h2-3,5,7-9,11,16H,4,6,10H2,1H3,(H,26,33)(H,34,35)(H2,29,30,31). The molecule has 12 nitrogen and oxygen atoms in total. The first-order valence-corrected chi connectivity index (χ1v) is 11.6. The smallest absolute Gasteiger partial charge is 0.419 e. The number of hydrogen-bond acceptors (Lipinski definition) is 8. The molecule has 0 saturated carbocycles. The summed E-state index contributed by atoms with van der Waals surface area (Å²) < 4.78 is 6.55.